The first-order valence-electron chi connectivity index (χ1n) is 9.17. The minimum absolute atomic E-state index is 0.151. The van der Waals surface area contributed by atoms with E-state index in [4.69, 9.17) is 4.42 Å². The first kappa shape index (κ1) is 17.7. The Hall–Kier alpha value is -2.73. The number of hydrogen-bond acceptors (Lipinski definition) is 5. The smallest absolute Gasteiger partial charge is 0.247 e. The average molecular weight is 366 g/mol. The summed E-state index contributed by atoms with van der Waals surface area (Å²) in [6.07, 6.45) is 0.940. The van der Waals surface area contributed by atoms with E-state index in [2.05, 4.69) is 15.1 Å². The number of rotatable bonds is 5. The highest BCUT2D eigenvalue weighted by atomic mass is 19.1. The lowest BCUT2D eigenvalue weighted by molar-refractivity contribution is 0.315. The topological polar surface area (TPSA) is 45.4 Å². The van der Waals surface area contributed by atoms with Crippen molar-refractivity contribution in [1.29, 1.82) is 0 Å². The normalized spacial score (nSPS) is 17.4. The molecule has 1 aromatic heterocycles. The summed E-state index contributed by atoms with van der Waals surface area (Å²) in [6.45, 7) is 2.31. The van der Waals surface area contributed by atoms with Gasteiger partial charge in [0, 0.05) is 44.0 Å². The van der Waals surface area contributed by atoms with E-state index < -0.39 is 0 Å². The average Bonchev–Trinajstić information content (AvgIpc) is 3.33. The van der Waals surface area contributed by atoms with Crippen LogP contribution in [-0.2, 0) is 6.54 Å². The summed E-state index contributed by atoms with van der Waals surface area (Å²) >= 11 is 0. The molecular weight excluding hydrogens is 343 g/mol. The summed E-state index contributed by atoms with van der Waals surface area (Å²) in [5.74, 6) is 1.25. The Kier molecular flexibility index (Phi) is 4.90. The highest BCUT2D eigenvalue weighted by Gasteiger charge is 2.28. The van der Waals surface area contributed by atoms with Crippen molar-refractivity contribution in [2.75, 3.05) is 32.1 Å². The molecule has 0 radical (unpaired) electrons. The van der Waals surface area contributed by atoms with Gasteiger partial charge in [0.15, 0.2) is 0 Å². The van der Waals surface area contributed by atoms with Crippen LogP contribution in [0.15, 0.2) is 52.9 Å². The Morgan fingerprint density at radius 1 is 1.11 bits per heavy atom. The fraction of sp³-hybridized carbons (Fsp3) is 0.333. The molecule has 6 heteroatoms. The summed E-state index contributed by atoms with van der Waals surface area (Å²) < 4.78 is 19.8. The third kappa shape index (κ3) is 3.85. The summed E-state index contributed by atoms with van der Waals surface area (Å²) in [5, 5.41) is 8.48. The van der Waals surface area contributed by atoms with Crippen LogP contribution >= 0.6 is 0 Å². The molecule has 0 aliphatic carbocycles. The van der Waals surface area contributed by atoms with Crippen LogP contribution in [0, 0.1) is 5.82 Å². The molecule has 0 bridgehead atoms. The number of nitrogens with zero attached hydrogens (tertiary/aromatic N) is 4. The summed E-state index contributed by atoms with van der Waals surface area (Å²) in [4.78, 5) is 4.28. The molecule has 140 valence electrons. The minimum Gasteiger partial charge on any atom is -0.420 e. The summed E-state index contributed by atoms with van der Waals surface area (Å²) in [6, 6.07) is 15.0. The highest BCUT2D eigenvalue weighted by Crippen LogP contribution is 2.30. The van der Waals surface area contributed by atoms with Crippen LogP contribution in [0.3, 0.4) is 0 Å². The van der Waals surface area contributed by atoms with Gasteiger partial charge in [-0.15, -0.1) is 10.2 Å². The largest absolute Gasteiger partial charge is 0.420 e. The van der Waals surface area contributed by atoms with Gasteiger partial charge in [-0.05, 0) is 43.3 Å². The summed E-state index contributed by atoms with van der Waals surface area (Å²) in [5.41, 5.74) is 2.77. The van der Waals surface area contributed by atoms with E-state index in [0.717, 1.165) is 36.3 Å². The third-order valence-corrected chi connectivity index (χ3v) is 5.04. The van der Waals surface area contributed by atoms with Crippen molar-refractivity contribution in [3.8, 4) is 11.5 Å². The van der Waals surface area contributed by atoms with Crippen molar-refractivity contribution in [2.45, 2.75) is 18.9 Å². The van der Waals surface area contributed by atoms with Crippen LogP contribution < -0.4 is 4.90 Å². The van der Waals surface area contributed by atoms with Gasteiger partial charge >= 0.3 is 0 Å². The van der Waals surface area contributed by atoms with E-state index in [0.29, 0.717) is 18.3 Å². The van der Waals surface area contributed by atoms with Crippen molar-refractivity contribution in [3.05, 3.63) is 65.8 Å². The van der Waals surface area contributed by atoms with Gasteiger partial charge in [0.25, 0.3) is 0 Å². The van der Waals surface area contributed by atoms with Gasteiger partial charge in [0.05, 0.1) is 5.92 Å². The second-order valence-corrected chi connectivity index (χ2v) is 7.20. The summed E-state index contributed by atoms with van der Waals surface area (Å²) in [7, 11) is 4.01. The SMILES string of the molecule is CN(C)c1ccc(-c2nnc(C3CCN(Cc4ccccc4F)C3)o2)cc1. The molecule has 1 saturated heterocycles. The second-order valence-electron chi connectivity index (χ2n) is 7.20. The Labute approximate surface area is 158 Å². The van der Waals surface area contributed by atoms with E-state index in [9.17, 15) is 4.39 Å². The fourth-order valence-corrected chi connectivity index (χ4v) is 3.46. The van der Waals surface area contributed by atoms with Gasteiger partial charge in [0.2, 0.25) is 11.8 Å². The second kappa shape index (κ2) is 7.48. The van der Waals surface area contributed by atoms with Crippen LogP contribution in [0.5, 0.6) is 0 Å². The standard InChI is InChI=1S/C21H23FN4O/c1-25(2)18-9-7-15(8-10-18)20-23-24-21(27-20)17-11-12-26(14-17)13-16-5-3-4-6-19(16)22/h3-10,17H,11-14H2,1-2H3. The Morgan fingerprint density at radius 2 is 1.89 bits per heavy atom. The van der Waals surface area contributed by atoms with E-state index in [1.165, 1.54) is 6.07 Å². The molecule has 1 aliphatic heterocycles. The fourth-order valence-electron chi connectivity index (χ4n) is 3.46. The number of benzene rings is 2. The maximum Gasteiger partial charge on any atom is 0.247 e. The zero-order chi connectivity index (χ0) is 18.8. The molecule has 4 rings (SSSR count). The zero-order valence-corrected chi connectivity index (χ0v) is 15.6. The molecule has 27 heavy (non-hydrogen) atoms. The van der Waals surface area contributed by atoms with E-state index in [1.54, 1.807) is 6.07 Å². The van der Waals surface area contributed by atoms with Crippen LogP contribution in [0.4, 0.5) is 10.1 Å². The molecule has 5 nitrogen and oxygen atoms in total. The van der Waals surface area contributed by atoms with Crippen LogP contribution in [0.25, 0.3) is 11.5 Å². The predicted octanol–water partition coefficient (Wildman–Crippen LogP) is 3.93. The number of aromatic nitrogens is 2. The molecule has 2 aromatic carbocycles. The maximum absolute atomic E-state index is 13.9. The Morgan fingerprint density at radius 3 is 2.63 bits per heavy atom. The molecule has 1 atom stereocenters. The molecule has 0 spiro atoms. The predicted molar refractivity (Wildman–Crippen MR) is 103 cm³/mol. The molecule has 2 heterocycles. The first-order valence-corrected chi connectivity index (χ1v) is 9.17. The van der Waals surface area contributed by atoms with Gasteiger partial charge in [-0.25, -0.2) is 4.39 Å². The Balaban J connectivity index is 1.42. The molecule has 1 unspecified atom stereocenters. The van der Waals surface area contributed by atoms with Gasteiger partial charge < -0.3 is 9.32 Å². The molecule has 1 aliphatic rings. The molecule has 0 amide bonds. The Bertz CT molecular complexity index is 907. The van der Waals surface area contributed by atoms with Gasteiger partial charge in [-0.2, -0.15) is 0 Å². The van der Waals surface area contributed by atoms with Crippen molar-refractivity contribution in [2.24, 2.45) is 0 Å². The lowest BCUT2D eigenvalue weighted by Crippen LogP contribution is -2.20. The van der Waals surface area contributed by atoms with Gasteiger partial charge in [0.1, 0.15) is 5.82 Å². The van der Waals surface area contributed by atoms with Crippen LogP contribution in [-0.4, -0.2) is 42.3 Å². The monoisotopic (exact) mass is 366 g/mol. The molecular formula is C21H23FN4O. The zero-order valence-electron chi connectivity index (χ0n) is 15.6. The molecule has 1 fully saturated rings. The first-order chi connectivity index (χ1) is 13.1. The van der Waals surface area contributed by atoms with Crippen molar-refractivity contribution in [1.82, 2.24) is 15.1 Å². The number of likely N-dealkylation sites (tertiary alicyclic amines) is 1. The molecule has 3 aromatic rings. The van der Waals surface area contributed by atoms with E-state index >= 15 is 0 Å². The maximum atomic E-state index is 13.9. The number of halogens is 1. The van der Waals surface area contributed by atoms with Crippen LogP contribution in [0.1, 0.15) is 23.8 Å². The van der Waals surface area contributed by atoms with Crippen molar-refractivity contribution in [3.63, 3.8) is 0 Å². The number of anilines is 1. The van der Waals surface area contributed by atoms with Crippen molar-refractivity contribution >= 4 is 5.69 Å². The van der Waals surface area contributed by atoms with Crippen LogP contribution in [0.2, 0.25) is 0 Å². The van der Waals surface area contributed by atoms with Gasteiger partial charge in [-0.1, -0.05) is 18.2 Å². The van der Waals surface area contributed by atoms with E-state index in [1.807, 2.05) is 55.4 Å². The lowest BCUT2D eigenvalue weighted by atomic mass is 10.1. The van der Waals surface area contributed by atoms with Crippen molar-refractivity contribution < 1.29 is 8.81 Å². The number of hydrogen-bond donors (Lipinski definition) is 0. The lowest BCUT2D eigenvalue weighted by Gasteiger charge is -2.15. The minimum atomic E-state index is -0.151. The molecule has 0 N–H and O–H groups in total. The quantitative estimate of drug-likeness (QED) is 0.685. The van der Waals surface area contributed by atoms with Gasteiger partial charge in [-0.3, -0.25) is 4.90 Å². The highest BCUT2D eigenvalue weighted by molar-refractivity contribution is 5.58. The van der Waals surface area contributed by atoms with E-state index in [-0.39, 0.29) is 11.7 Å². The third-order valence-electron chi connectivity index (χ3n) is 5.04. The molecule has 0 saturated carbocycles.